The van der Waals surface area contributed by atoms with Crippen LogP contribution in [0.25, 0.3) is 0 Å². The van der Waals surface area contributed by atoms with Gasteiger partial charge in [-0.05, 0) is 18.1 Å². The van der Waals surface area contributed by atoms with E-state index in [2.05, 4.69) is 28.4 Å². The molecule has 100 valence electrons. The van der Waals surface area contributed by atoms with Gasteiger partial charge in [0.25, 0.3) is 0 Å². The fraction of sp³-hybridized carbons (Fsp3) is 0.500. The maximum Gasteiger partial charge on any atom is 0.407 e. The molecule has 0 bridgehead atoms. The standard InChI is InChI=1S/C14H17N3O2/c18-14(19)16-6-4-12-10(8-16)9-2-1-3-11-13(9)17(12)7-5-15-11/h1-3,10,12,15H,4-8H2,(H,18,19)/t10-,12?/m0/s1. The van der Waals surface area contributed by atoms with E-state index in [1.807, 2.05) is 0 Å². The number of hydrogen-bond donors (Lipinski definition) is 2. The van der Waals surface area contributed by atoms with Gasteiger partial charge in [0, 0.05) is 38.1 Å². The van der Waals surface area contributed by atoms with Crippen LogP contribution in [0.5, 0.6) is 0 Å². The summed E-state index contributed by atoms with van der Waals surface area (Å²) in [5, 5.41) is 12.6. The fourth-order valence-electron chi connectivity index (χ4n) is 3.87. The van der Waals surface area contributed by atoms with Gasteiger partial charge in [-0.25, -0.2) is 4.79 Å². The molecule has 2 N–H and O–H groups in total. The molecule has 0 saturated carbocycles. The number of anilines is 2. The lowest BCUT2D eigenvalue weighted by atomic mass is 9.89. The molecule has 5 nitrogen and oxygen atoms in total. The first-order valence-electron chi connectivity index (χ1n) is 6.87. The van der Waals surface area contributed by atoms with Gasteiger partial charge in [0.05, 0.1) is 11.4 Å². The van der Waals surface area contributed by atoms with Gasteiger partial charge in [0.15, 0.2) is 0 Å². The van der Waals surface area contributed by atoms with Crippen LogP contribution < -0.4 is 10.2 Å². The number of rotatable bonds is 0. The van der Waals surface area contributed by atoms with E-state index in [0.29, 0.717) is 25.0 Å². The lowest BCUT2D eigenvalue weighted by Gasteiger charge is -2.39. The first kappa shape index (κ1) is 11.0. The summed E-state index contributed by atoms with van der Waals surface area (Å²) < 4.78 is 0. The Hall–Kier alpha value is -1.91. The first-order valence-corrected chi connectivity index (χ1v) is 6.87. The Labute approximate surface area is 111 Å². The highest BCUT2D eigenvalue weighted by Gasteiger charge is 2.44. The zero-order chi connectivity index (χ0) is 13.0. The monoisotopic (exact) mass is 259 g/mol. The number of carbonyl (C=O) groups is 1. The van der Waals surface area contributed by atoms with E-state index in [4.69, 9.17) is 0 Å². The van der Waals surface area contributed by atoms with Crippen LogP contribution in [-0.2, 0) is 0 Å². The molecule has 19 heavy (non-hydrogen) atoms. The van der Waals surface area contributed by atoms with Crippen LogP contribution in [0.2, 0.25) is 0 Å². The summed E-state index contributed by atoms with van der Waals surface area (Å²) in [5.41, 5.74) is 3.84. The van der Waals surface area contributed by atoms with Crippen molar-refractivity contribution in [1.82, 2.24) is 4.90 Å². The Morgan fingerprint density at radius 3 is 3.11 bits per heavy atom. The number of benzene rings is 1. The summed E-state index contributed by atoms with van der Waals surface area (Å²) in [6.07, 6.45) is 0.146. The summed E-state index contributed by atoms with van der Waals surface area (Å²) >= 11 is 0. The Morgan fingerprint density at radius 1 is 1.37 bits per heavy atom. The van der Waals surface area contributed by atoms with Gasteiger partial charge >= 0.3 is 6.09 Å². The lowest BCUT2D eigenvalue weighted by molar-refractivity contribution is 0.127. The predicted octanol–water partition coefficient (Wildman–Crippen LogP) is 1.77. The molecule has 3 aliphatic rings. The van der Waals surface area contributed by atoms with E-state index in [1.54, 1.807) is 4.90 Å². The number of para-hydroxylation sites is 1. The minimum atomic E-state index is -0.789. The number of nitrogens with zero attached hydrogens (tertiary/aromatic N) is 2. The SMILES string of the molecule is O=C(O)N1CCC2[C@@H](C1)c1cccc3c1N2CCN3. The summed E-state index contributed by atoms with van der Waals surface area (Å²) in [7, 11) is 0. The Balaban J connectivity index is 1.76. The van der Waals surface area contributed by atoms with Crippen molar-refractivity contribution >= 4 is 17.5 Å². The molecule has 1 unspecified atom stereocenters. The molecular weight excluding hydrogens is 242 g/mol. The zero-order valence-corrected chi connectivity index (χ0v) is 10.7. The number of amides is 1. The van der Waals surface area contributed by atoms with Crippen LogP contribution in [0.1, 0.15) is 17.9 Å². The zero-order valence-electron chi connectivity index (χ0n) is 10.7. The number of likely N-dealkylation sites (tertiary alicyclic amines) is 1. The molecule has 3 aliphatic heterocycles. The Kier molecular flexibility index (Phi) is 2.19. The van der Waals surface area contributed by atoms with Crippen LogP contribution in [0.3, 0.4) is 0 Å². The van der Waals surface area contributed by atoms with Crippen molar-refractivity contribution in [3.8, 4) is 0 Å². The van der Waals surface area contributed by atoms with Gasteiger partial charge in [-0.3, -0.25) is 0 Å². The van der Waals surface area contributed by atoms with Gasteiger partial charge < -0.3 is 20.2 Å². The molecular formula is C14H17N3O2. The highest BCUT2D eigenvalue weighted by atomic mass is 16.4. The fourth-order valence-corrected chi connectivity index (χ4v) is 3.87. The largest absolute Gasteiger partial charge is 0.465 e. The van der Waals surface area contributed by atoms with Crippen molar-refractivity contribution in [3.05, 3.63) is 23.8 Å². The summed E-state index contributed by atoms with van der Waals surface area (Å²) in [4.78, 5) is 15.2. The van der Waals surface area contributed by atoms with Crippen molar-refractivity contribution in [2.45, 2.75) is 18.4 Å². The van der Waals surface area contributed by atoms with Gasteiger partial charge in [-0.15, -0.1) is 0 Å². The van der Waals surface area contributed by atoms with Gasteiger partial charge in [-0.1, -0.05) is 12.1 Å². The van der Waals surface area contributed by atoms with Crippen LogP contribution in [0, 0.1) is 0 Å². The number of nitrogens with one attached hydrogen (secondary N) is 1. The molecule has 0 aliphatic carbocycles. The molecule has 1 fully saturated rings. The van der Waals surface area contributed by atoms with Crippen LogP contribution in [-0.4, -0.2) is 48.3 Å². The number of carboxylic acid groups (broad SMARTS) is 1. The third-order valence-corrected chi connectivity index (χ3v) is 4.67. The van der Waals surface area contributed by atoms with Crippen molar-refractivity contribution in [2.75, 3.05) is 36.4 Å². The number of piperidine rings is 1. The number of hydrogen-bond acceptors (Lipinski definition) is 3. The van der Waals surface area contributed by atoms with E-state index in [9.17, 15) is 9.90 Å². The third kappa shape index (κ3) is 1.44. The van der Waals surface area contributed by atoms with Gasteiger partial charge in [-0.2, -0.15) is 0 Å². The van der Waals surface area contributed by atoms with E-state index < -0.39 is 6.09 Å². The molecule has 4 rings (SSSR count). The molecule has 2 atom stereocenters. The molecule has 0 radical (unpaired) electrons. The molecule has 5 heteroatoms. The second-order valence-electron chi connectivity index (χ2n) is 5.55. The van der Waals surface area contributed by atoms with Crippen molar-refractivity contribution in [3.63, 3.8) is 0 Å². The molecule has 1 aromatic carbocycles. The minimum Gasteiger partial charge on any atom is -0.465 e. The average Bonchev–Trinajstić information content (AvgIpc) is 2.76. The maximum atomic E-state index is 11.2. The van der Waals surface area contributed by atoms with E-state index in [1.165, 1.54) is 16.9 Å². The maximum absolute atomic E-state index is 11.2. The van der Waals surface area contributed by atoms with Gasteiger partial charge in [0.2, 0.25) is 0 Å². The van der Waals surface area contributed by atoms with E-state index in [0.717, 1.165) is 19.5 Å². The summed E-state index contributed by atoms with van der Waals surface area (Å²) in [5.74, 6) is 0.333. The molecule has 1 aromatic rings. The predicted molar refractivity (Wildman–Crippen MR) is 73.0 cm³/mol. The second kappa shape index (κ2) is 3.79. The molecule has 3 heterocycles. The Morgan fingerprint density at radius 2 is 2.26 bits per heavy atom. The smallest absolute Gasteiger partial charge is 0.407 e. The van der Waals surface area contributed by atoms with E-state index in [-0.39, 0.29) is 0 Å². The van der Waals surface area contributed by atoms with Crippen LogP contribution in [0.15, 0.2) is 18.2 Å². The average molecular weight is 259 g/mol. The quantitative estimate of drug-likeness (QED) is 0.745. The highest BCUT2D eigenvalue weighted by Crippen LogP contribution is 2.49. The van der Waals surface area contributed by atoms with E-state index >= 15 is 0 Å². The Bertz CT molecular complexity index is 545. The topological polar surface area (TPSA) is 55.8 Å². The van der Waals surface area contributed by atoms with Crippen molar-refractivity contribution in [1.29, 1.82) is 0 Å². The highest BCUT2D eigenvalue weighted by molar-refractivity contribution is 5.80. The normalized spacial score (nSPS) is 27.6. The molecule has 0 spiro atoms. The minimum absolute atomic E-state index is 0.333. The van der Waals surface area contributed by atoms with Crippen LogP contribution in [0.4, 0.5) is 16.2 Å². The van der Waals surface area contributed by atoms with Crippen LogP contribution >= 0.6 is 0 Å². The number of fused-ring (bicyclic) bond motifs is 3. The summed E-state index contributed by atoms with van der Waals surface area (Å²) in [6.45, 7) is 3.29. The lowest BCUT2D eigenvalue weighted by Crippen LogP contribution is -2.49. The first-order chi connectivity index (χ1) is 9.25. The molecule has 0 aromatic heterocycles. The van der Waals surface area contributed by atoms with Gasteiger partial charge in [0.1, 0.15) is 0 Å². The third-order valence-electron chi connectivity index (χ3n) is 4.67. The second-order valence-corrected chi connectivity index (χ2v) is 5.55. The molecule has 1 saturated heterocycles. The van der Waals surface area contributed by atoms with Crippen molar-refractivity contribution < 1.29 is 9.90 Å². The van der Waals surface area contributed by atoms with Crippen molar-refractivity contribution in [2.24, 2.45) is 0 Å². The molecule has 1 amide bonds. The summed E-state index contributed by atoms with van der Waals surface area (Å²) in [6, 6.07) is 6.84.